The maximum Gasteiger partial charge on any atom is 0.329 e. The van der Waals surface area contributed by atoms with Gasteiger partial charge in [-0.1, -0.05) is 46.4 Å². The highest BCUT2D eigenvalue weighted by molar-refractivity contribution is 7.90. The quantitative estimate of drug-likeness (QED) is 0.268. The lowest BCUT2D eigenvalue weighted by molar-refractivity contribution is -0.147. The minimum absolute atomic E-state index is 0.0194. The molecule has 3 rings (SSSR count). The SMILES string of the molecule is CS(=O)(=O)CC[C@@H](C(=O)OCC(=O)c1ccc(Cl)c(Cl)c1)N1C(=O)c2cc(Cl)c(Cl)cc2C1=O. The largest absolute Gasteiger partial charge is 0.456 e. The number of rotatable bonds is 8. The molecular weight excluding hydrogens is 552 g/mol. The third-order valence-corrected chi connectivity index (χ3v) is 7.33. The molecule has 0 bridgehead atoms. The molecule has 0 aliphatic carbocycles. The Morgan fingerprint density at radius 1 is 0.912 bits per heavy atom. The Hall–Kier alpha value is -2.17. The van der Waals surface area contributed by atoms with Crippen LogP contribution in [0, 0.1) is 0 Å². The minimum Gasteiger partial charge on any atom is -0.456 e. The Bertz CT molecular complexity index is 1290. The summed E-state index contributed by atoms with van der Waals surface area (Å²) in [5, 5.41) is 0.381. The predicted molar refractivity (Wildman–Crippen MR) is 127 cm³/mol. The molecule has 0 fully saturated rings. The summed E-state index contributed by atoms with van der Waals surface area (Å²) in [4.78, 5) is 51.7. The first-order valence-corrected chi connectivity index (χ1v) is 13.1. The molecule has 8 nitrogen and oxygen atoms in total. The number of hydrogen-bond donors (Lipinski definition) is 0. The van der Waals surface area contributed by atoms with Crippen molar-refractivity contribution in [3.63, 3.8) is 0 Å². The fourth-order valence-electron chi connectivity index (χ4n) is 3.20. The number of hydrogen-bond acceptors (Lipinski definition) is 7. The molecule has 1 aliphatic rings. The summed E-state index contributed by atoms with van der Waals surface area (Å²) < 4.78 is 28.5. The first-order valence-electron chi connectivity index (χ1n) is 9.49. The Labute approximate surface area is 214 Å². The number of amides is 2. The van der Waals surface area contributed by atoms with Crippen LogP contribution in [0.1, 0.15) is 37.5 Å². The number of carbonyl (C=O) groups is 4. The molecule has 13 heteroatoms. The van der Waals surface area contributed by atoms with Crippen molar-refractivity contribution < 1.29 is 32.3 Å². The van der Waals surface area contributed by atoms with Gasteiger partial charge in [0.2, 0.25) is 0 Å². The van der Waals surface area contributed by atoms with Crippen molar-refractivity contribution in [2.45, 2.75) is 12.5 Å². The fourth-order valence-corrected chi connectivity index (χ4v) is 4.48. The number of Topliss-reactive ketones (excluding diaryl/α,β-unsaturated/α-hetero) is 1. The van der Waals surface area contributed by atoms with E-state index in [9.17, 15) is 27.6 Å². The number of nitrogens with zero attached hydrogens (tertiary/aromatic N) is 1. The van der Waals surface area contributed by atoms with E-state index in [4.69, 9.17) is 51.1 Å². The summed E-state index contributed by atoms with van der Waals surface area (Å²) in [7, 11) is -3.57. The molecule has 180 valence electrons. The Morgan fingerprint density at radius 3 is 1.94 bits per heavy atom. The molecular formula is C21H15Cl4NO7S. The molecule has 0 spiro atoms. The van der Waals surface area contributed by atoms with Gasteiger partial charge in [-0.15, -0.1) is 0 Å². The van der Waals surface area contributed by atoms with Gasteiger partial charge in [-0.3, -0.25) is 19.3 Å². The van der Waals surface area contributed by atoms with Crippen LogP contribution in [0.4, 0.5) is 0 Å². The highest BCUT2D eigenvalue weighted by Gasteiger charge is 2.44. The number of halogens is 4. The number of ether oxygens (including phenoxy) is 1. The van der Waals surface area contributed by atoms with Crippen molar-refractivity contribution in [2.75, 3.05) is 18.6 Å². The lowest BCUT2D eigenvalue weighted by Gasteiger charge is -2.24. The van der Waals surface area contributed by atoms with Crippen LogP contribution in [-0.4, -0.2) is 61.5 Å². The predicted octanol–water partition coefficient (Wildman–Crippen LogP) is 4.13. The van der Waals surface area contributed by atoms with Gasteiger partial charge in [0, 0.05) is 11.8 Å². The molecule has 2 amide bonds. The van der Waals surface area contributed by atoms with Gasteiger partial charge in [0.15, 0.2) is 12.4 Å². The Balaban J connectivity index is 1.85. The molecule has 0 aromatic heterocycles. The number of esters is 1. The van der Waals surface area contributed by atoms with Gasteiger partial charge < -0.3 is 4.74 Å². The van der Waals surface area contributed by atoms with Gasteiger partial charge in [-0.25, -0.2) is 13.2 Å². The molecule has 0 saturated carbocycles. The zero-order valence-electron chi connectivity index (χ0n) is 17.3. The zero-order valence-corrected chi connectivity index (χ0v) is 21.2. The van der Waals surface area contributed by atoms with E-state index >= 15 is 0 Å². The molecule has 1 heterocycles. The molecule has 2 aromatic rings. The number of ketones is 1. The smallest absolute Gasteiger partial charge is 0.329 e. The summed E-state index contributed by atoms with van der Waals surface area (Å²) in [5.41, 5.74) is -0.0771. The van der Waals surface area contributed by atoms with Gasteiger partial charge >= 0.3 is 5.97 Å². The van der Waals surface area contributed by atoms with Crippen LogP contribution < -0.4 is 0 Å². The van der Waals surface area contributed by atoms with Crippen LogP contribution in [0.25, 0.3) is 0 Å². The van der Waals surface area contributed by atoms with E-state index in [1.54, 1.807) is 0 Å². The molecule has 2 aromatic carbocycles. The Morgan fingerprint density at radius 2 is 1.44 bits per heavy atom. The highest BCUT2D eigenvalue weighted by atomic mass is 35.5. The fraction of sp³-hybridized carbons (Fsp3) is 0.238. The minimum atomic E-state index is -3.57. The zero-order chi connectivity index (χ0) is 25.4. The number of carbonyl (C=O) groups excluding carboxylic acids is 4. The first-order chi connectivity index (χ1) is 15.8. The van der Waals surface area contributed by atoms with Gasteiger partial charge in [0.25, 0.3) is 11.8 Å². The molecule has 0 N–H and O–H groups in total. The lowest BCUT2D eigenvalue weighted by Crippen LogP contribution is -2.46. The molecule has 1 aliphatic heterocycles. The summed E-state index contributed by atoms with van der Waals surface area (Å²) >= 11 is 23.6. The van der Waals surface area contributed by atoms with Gasteiger partial charge in [-0.05, 0) is 36.8 Å². The van der Waals surface area contributed by atoms with E-state index < -0.39 is 58.2 Å². The van der Waals surface area contributed by atoms with E-state index in [1.807, 2.05) is 0 Å². The molecule has 34 heavy (non-hydrogen) atoms. The Kier molecular flexibility index (Phi) is 7.94. The van der Waals surface area contributed by atoms with Gasteiger partial charge in [-0.2, -0.15) is 0 Å². The molecule has 1 atom stereocenters. The number of imide groups is 1. The average molecular weight is 567 g/mol. The van der Waals surface area contributed by atoms with Crippen LogP contribution in [0.15, 0.2) is 30.3 Å². The van der Waals surface area contributed by atoms with Crippen molar-refractivity contribution in [2.24, 2.45) is 0 Å². The maximum atomic E-state index is 12.9. The van der Waals surface area contributed by atoms with Gasteiger partial charge in [0.05, 0.1) is 37.0 Å². The molecule has 0 unspecified atom stereocenters. The first kappa shape index (κ1) is 26.4. The summed E-state index contributed by atoms with van der Waals surface area (Å²) in [6.45, 7) is -0.743. The van der Waals surface area contributed by atoms with E-state index in [2.05, 4.69) is 0 Å². The second-order valence-electron chi connectivity index (χ2n) is 7.39. The van der Waals surface area contributed by atoms with Crippen LogP contribution in [0.5, 0.6) is 0 Å². The standard InChI is InChI=1S/C21H15Cl4NO7S/c1-34(31,32)5-4-17(21(30)33-9-18(27)10-2-3-13(22)14(23)6-10)26-19(28)11-7-15(24)16(25)8-12(11)20(26)29/h2-3,6-8,17H,4-5,9H2,1H3/t17-/m0/s1. The molecule has 0 saturated heterocycles. The van der Waals surface area contributed by atoms with E-state index in [-0.39, 0.29) is 36.8 Å². The van der Waals surface area contributed by atoms with Crippen molar-refractivity contribution in [1.82, 2.24) is 4.90 Å². The average Bonchev–Trinajstić information content (AvgIpc) is 2.98. The normalized spacial score (nSPS) is 14.2. The summed E-state index contributed by atoms with van der Waals surface area (Å²) in [6, 6.07) is 4.82. The number of sulfone groups is 1. The third kappa shape index (κ3) is 5.72. The topological polar surface area (TPSA) is 115 Å². The van der Waals surface area contributed by atoms with E-state index in [0.29, 0.717) is 4.90 Å². The number of fused-ring (bicyclic) bond motifs is 1. The second kappa shape index (κ2) is 10.2. The third-order valence-electron chi connectivity index (χ3n) is 4.89. The monoisotopic (exact) mass is 565 g/mol. The maximum absolute atomic E-state index is 12.9. The number of benzene rings is 2. The van der Waals surface area contributed by atoms with Crippen molar-refractivity contribution in [1.29, 1.82) is 0 Å². The second-order valence-corrected chi connectivity index (χ2v) is 11.3. The summed E-state index contributed by atoms with van der Waals surface area (Å²) in [5.74, 6) is -4.03. The molecule has 0 radical (unpaired) electrons. The van der Waals surface area contributed by atoms with Crippen LogP contribution in [0.3, 0.4) is 0 Å². The van der Waals surface area contributed by atoms with Crippen LogP contribution in [0.2, 0.25) is 20.1 Å². The van der Waals surface area contributed by atoms with Crippen molar-refractivity contribution in [3.8, 4) is 0 Å². The highest BCUT2D eigenvalue weighted by Crippen LogP contribution is 2.33. The summed E-state index contributed by atoms with van der Waals surface area (Å²) in [6.07, 6.45) is 0.497. The van der Waals surface area contributed by atoms with Crippen LogP contribution >= 0.6 is 46.4 Å². The van der Waals surface area contributed by atoms with Crippen molar-refractivity contribution >= 4 is 79.8 Å². The lowest BCUT2D eigenvalue weighted by atomic mass is 10.1. The van der Waals surface area contributed by atoms with Gasteiger partial charge in [0.1, 0.15) is 15.9 Å². The van der Waals surface area contributed by atoms with E-state index in [1.165, 1.54) is 30.3 Å². The van der Waals surface area contributed by atoms with Crippen LogP contribution in [-0.2, 0) is 19.4 Å². The van der Waals surface area contributed by atoms with E-state index in [0.717, 1.165) is 6.26 Å². The van der Waals surface area contributed by atoms with Crippen molar-refractivity contribution in [3.05, 3.63) is 67.1 Å².